The largest absolute Gasteiger partial charge is 0.275 e. The summed E-state index contributed by atoms with van der Waals surface area (Å²) < 4.78 is 0. The standard InChI is InChI=1S/C20H19NO2/c1-21(23-2)20(22)14-18-13-17(15-8-4-3-5-9-15)12-16-10-6-7-11-19(16)18/h3-13H,14H2,1-2H3. The van der Waals surface area contributed by atoms with Crippen molar-refractivity contribution in [1.82, 2.24) is 5.06 Å². The Balaban J connectivity index is 2.10. The molecule has 0 fully saturated rings. The van der Waals surface area contributed by atoms with Crippen molar-refractivity contribution in [3.05, 3.63) is 72.3 Å². The molecule has 3 heteroatoms. The quantitative estimate of drug-likeness (QED) is 0.680. The number of likely N-dealkylation sites (N-methyl/N-ethyl adjacent to an activating group) is 1. The highest BCUT2D eigenvalue weighted by Crippen LogP contribution is 2.28. The molecule has 23 heavy (non-hydrogen) atoms. The first kappa shape index (κ1) is 15.3. The summed E-state index contributed by atoms with van der Waals surface area (Å²) in [7, 11) is 3.13. The van der Waals surface area contributed by atoms with E-state index in [0.717, 1.165) is 27.5 Å². The van der Waals surface area contributed by atoms with Crippen molar-refractivity contribution in [2.75, 3.05) is 14.2 Å². The number of fused-ring (bicyclic) bond motifs is 1. The molecule has 0 aliphatic carbocycles. The van der Waals surface area contributed by atoms with Crippen molar-refractivity contribution in [2.45, 2.75) is 6.42 Å². The Morgan fingerprint density at radius 2 is 1.65 bits per heavy atom. The minimum Gasteiger partial charge on any atom is -0.275 e. The van der Waals surface area contributed by atoms with Crippen molar-refractivity contribution in [3.8, 4) is 11.1 Å². The topological polar surface area (TPSA) is 29.5 Å². The first-order valence-electron chi connectivity index (χ1n) is 7.57. The summed E-state index contributed by atoms with van der Waals surface area (Å²) in [5, 5.41) is 3.51. The summed E-state index contributed by atoms with van der Waals surface area (Å²) in [4.78, 5) is 17.2. The van der Waals surface area contributed by atoms with Gasteiger partial charge in [-0.15, -0.1) is 0 Å². The van der Waals surface area contributed by atoms with Crippen molar-refractivity contribution in [3.63, 3.8) is 0 Å². The van der Waals surface area contributed by atoms with Gasteiger partial charge in [0.2, 0.25) is 5.91 Å². The maximum absolute atomic E-state index is 12.2. The smallest absolute Gasteiger partial charge is 0.250 e. The fraction of sp³-hybridized carbons (Fsp3) is 0.150. The molecule has 3 aromatic rings. The number of rotatable bonds is 4. The predicted octanol–water partition coefficient (Wildman–Crippen LogP) is 4.07. The van der Waals surface area contributed by atoms with Gasteiger partial charge in [-0.1, -0.05) is 54.6 Å². The number of amides is 1. The van der Waals surface area contributed by atoms with Crippen LogP contribution in [0.2, 0.25) is 0 Å². The summed E-state index contributed by atoms with van der Waals surface area (Å²) in [6, 6.07) is 22.6. The molecule has 0 spiro atoms. The lowest BCUT2D eigenvalue weighted by Gasteiger charge is -2.15. The zero-order valence-electron chi connectivity index (χ0n) is 13.3. The molecule has 0 aromatic heterocycles. The lowest BCUT2D eigenvalue weighted by atomic mass is 9.95. The Morgan fingerprint density at radius 3 is 2.39 bits per heavy atom. The second-order valence-corrected chi connectivity index (χ2v) is 5.47. The zero-order chi connectivity index (χ0) is 16.2. The molecule has 0 atom stereocenters. The van der Waals surface area contributed by atoms with Crippen LogP contribution in [-0.4, -0.2) is 25.1 Å². The molecule has 3 nitrogen and oxygen atoms in total. The molecule has 116 valence electrons. The molecular formula is C20H19NO2. The highest BCUT2D eigenvalue weighted by atomic mass is 16.7. The van der Waals surface area contributed by atoms with E-state index in [0.29, 0.717) is 6.42 Å². The zero-order valence-corrected chi connectivity index (χ0v) is 13.3. The summed E-state index contributed by atoms with van der Waals surface area (Å²) in [5.41, 5.74) is 3.27. The van der Waals surface area contributed by atoms with Gasteiger partial charge in [0.1, 0.15) is 0 Å². The van der Waals surface area contributed by atoms with Crippen molar-refractivity contribution >= 4 is 16.7 Å². The molecule has 0 aliphatic rings. The van der Waals surface area contributed by atoms with Gasteiger partial charge in [0.25, 0.3) is 0 Å². The van der Waals surface area contributed by atoms with Crippen LogP contribution in [0.5, 0.6) is 0 Å². The fourth-order valence-electron chi connectivity index (χ4n) is 2.71. The monoisotopic (exact) mass is 305 g/mol. The van der Waals surface area contributed by atoms with Crippen LogP contribution in [0.4, 0.5) is 0 Å². The van der Waals surface area contributed by atoms with Crippen molar-refractivity contribution in [2.24, 2.45) is 0 Å². The molecule has 0 bridgehead atoms. The Hall–Kier alpha value is -2.65. The van der Waals surface area contributed by atoms with Crippen LogP contribution < -0.4 is 0 Å². The Labute approximate surface area is 136 Å². The van der Waals surface area contributed by atoms with Gasteiger partial charge >= 0.3 is 0 Å². The number of hydroxylamine groups is 2. The third-order valence-corrected chi connectivity index (χ3v) is 4.02. The first-order chi connectivity index (χ1) is 11.2. The van der Waals surface area contributed by atoms with E-state index in [1.807, 2.05) is 30.3 Å². The molecule has 0 N–H and O–H groups in total. The van der Waals surface area contributed by atoms with Gasteiger partial charge < -0.3 is 0 Å². The number of benzene rings is 3. The minimum atomic E-state index is -0.0668. The van der Waals surface area contributed by atoms with E-state index in [1.54, 1.807) is 7.05 Å². The summed E-state index contributed by atoms with van der Waals surface area (Å²) >= 11 is 0. The Kier molecular flexibility index (Phi) is 4.40. The molecule has 3 rings (SSSR count). The number of hydrogen-bond donors (Lipinski definition) is 0. The van der Waals surface area contributed by atoms with Gasteiger partial charge in [0.05, 0.1) is 13.5 Å². The molecular weight excluding hydrogens is 286 g/mol. The van der Waals surface area contributed by atoms with Gasteiger partial charge in [0, 0.05) is 7.05 Å². The molecule has 0 unspecified atom stereocenters. The third-order valence-electron chi connectivity index (χ3n) is 4.02. The number of carbonyl (C=O) groups is 1. The average molecular weight is 305 g/mol. The Morgan fingerprint density at radius 1 is 0.957 bits per heavy atom. The predicted molar refractivity (Wildman–Crippen MR) is 92.9 cm³/mol. The minimum absolute atomic E-state index is 0.0668. The molecule has 0 radical (unpaired) electrons. The normalized spacial score (nSPS) is 10.7. The van der Waals surface area contributed by atoms with Crippen LogP contribution in [-0.2, 0) is 16.1 Å². The highest BCUT2D eigenvalue weighted by Gasteiger charge is 2.13. The van der Waals surface area contributed by atoms with Crippen LogP contribution in [0.3, 0.4) is 0 Å². The van der Waals surface area contributed by atoms with E-state index in [1.165, 1.54) is 12.2 Å². The number of nitrogens with zero attached hydrogens (tertiary/aromatic N) is 1. The van der Waals surface area contributed by atoms with Crippen LogP contribution in [0, 0.1) is 0 Å². The maximum atomic E-state index is 12.2. The van der Waals surface area contributed by atoms with Gasteiger partial charge in [0.15, 0.2) is 0 Å². The second-order valence-electron chi connectivity index (χ2n) is 5.47. The van der Waals surface area contributed by atoms with E-state index >= 15 is 0 Å². The van der Waals surface area contributed by atoms with Crippen LogP contribution in [0.15, 0.2) is 66.7 Å². The van der Waals surface area contributed by atoms with Crippen molar-refractivity contribution in [1.29, 1.82) is 0 Å². The number of hydrogen-bond acceptors (Lipinski definition) is 2. The van der Waals surface area contributed by atoms with Gasteiger partial charge in [-0.25, -0.2) is 5.06 Å². The lowest BCUT2D eigenvalue weighted by Crippen LogP contribution is -2.27. The highest BCUT2D eigenvalue weighted by molar-refractivity contribution is 5.93. The SMILES string of the molecule is CON(C)C(=O)Cc1cc(-c2ccccc2)cc2ccccc12. The summed E-state index contributed by atoms with van der Waals surface area (Å²) in [5.74, 6) is -0.0668. The molecule has 0 heterocycles. The first-order valence-corrected chi connectivity index (χ1v) is 7.57. The molecule has 1 amide bonds. The lowest BCUT2D eigenvalue weighted by molar-refractivity contribution is -0.167. The van der Waals surface area contributed by atoms with E-state index in [-0.39, 0.29) is 5.91 Å². The van der Waals surface area contributed by atoms with Gasteiger partial charge in [-0.3, -0.25) is 9.63 Å². The maximum Gasteiger partial charge on any atom is 0.250 e. The molecule has 0 saturated heterocycles. The van der Waals surface area contributed by atoms with Crippen LogP contribution in [0.1, 0.15) is 5.56 Å². The summed E-state index contributed by atoms with van der Waals surface area (Å²) in [6.45, 7) is 0. The van der Waals surface area contributed by atoms with Gasteiger partial charge in [-0.2, -0.15) is 0 Å². The third kappa shape index (κ3) is 3.25. The second kappa shape index (κ2) is 6.63. The Bertz CT molecular complexity index is 827. The molecule has 0 saturated carbocycles. The van der Waals surface area contributed by atoms with E-state index in [4.69, 9.17) is 4.84 Å². The number of carbonyl (C=O) groups excluding carboxylic acids is 1. The van der Waals surface area contributed by atoms with E-state index in [2.05, 4.69) is 36.4 Å². The van der Waals surface area contributed by atoms with Gasteiger partial charge in [-0.05, 0) is 39.6 Å². The van der Waals surface area contributed by atoms with E-state index in [9.17, 15) is 4.79 Å². The molecule has 0 aliphatic heterocycles. The summed E-state index contributed by atoms with van der Waals surface area (Å²) in [6.07, 6.45) is 0.311. The average Bonchev–Trinajstić information content (AvgIpc) is 2.61. The molecule has 3 aromatic carbocycles. The van der Waals surface area contributed by atoms with Crippen LogP contribution in [0.25, 0.3) is 21.9 Å². The fourth-order valence-corrected chi connectivity index (χ4v) is 2.71. The van der Waals surface area contributed by atoms with E-state index < -0.39 is 0 Å². The van der Waals surface area contributed by atoms with Crippen LogP contribution >= 0.6 is 0 Å². The van der Waals surface area contributed by atoms with Crippen molar-refractivity contribution < 1.29 is 9.63 Å².